The Balaban J connectivity index is 2.88. The molecule has 0 saturated carbocycles. The minimum atomic E-state index is -0.239. The highest BCUT2D eigenvalue weighted by molar-refractivity contribution is 5.54. The number of nitrogens with two attached hydrogens (primary N) is 1. The van der Waals surface area contributed by atoms with Crippen molar-refractivity contribution in [2.24, 2.45) is 5.73 Å². The summed E-state index contributed by atoms with van der Waals surface area (Å²) in [5.41, 5.74) is 7.09. The quantitative estimate of drug-likeness (QED) is 0.695. The number of methoxy groups -OCH3 is 2. The fraction of sp³-hybridized carbons (Fsp3) is 0.571. The van der Waals surface area contributed by atoms with Crippen molar-refractivity contribution in [3.63, 3.8) is 0 Å². The number of nitrogens with zero attached hydrogens (tertiary/aromatic N) is 1. The largest absolute Gasteiger partial charge is 0.385 e. The van der Waals surface area contributed by atoms with Gasteiger partial charge in [-0.2, -0.15) is 0 Å². The summed E-state index contributed by atoms with van der Waals surface area (Å²) in [5.74, 6) is -0.239. The summed E-state index contributed by atoms with van der Waals surface area (Å²) in [6, 6.07) is 5.00. The van der Waals surface area contributed by atoms with E-state index in [1.54, 1.807) is 20.3 Å². The predicted octanol–water partition coefficient (Wildman–Crippen LogP) is 1.77. The van der Waals surface area contributed by atoms with E-state index in [9.17, 15) is 4.39 Å². The van der Waals surface area contributed by atoms with E-state index in [2.05, 4.69) is 0 Å². The topological polar surface area (TPSA) is 47.7 Å². The third kappa shape index (κ3) is 4.78. The second-order valence-electron chi connectivity index (χ2n) is 4.28. The average Bonchev–Trinajstić information content (AvgIpc) is 2.43. The zero-order valence-corrected chi connectivity index (χ0v) is 11.7. The zero-order valence-electron chi connectivity index (χ0n) is 11.7. The van der Waals surface area contributed by atoms with Crippen molar-refractivity contribution >= 4 is 5.69 Å². The van der Waals surface area contributed by atoms with Gasteiger partial charge in [-0.1, -0.05) is 12.1 Å². The van der Waals surface area contributed by atoms with E-state index < -0.39 is 0 Å². The molecule has 1 aromatic rings. The summed E-state index contributed by atoms with van der Waals surface area (Å²) in [7, 11) is 3.30. The first-order chi connectivity index (χ1) is 9.24. The van der Waals surface area contributed by atoms with Crippen molar-refractivity contribution in [2.45, 2.75) is 13.0 Å². The van der Waals surface area contributed by atoms with Gasteiger partial charge in [0, 0.05) is 40.5 Å². The van der Waals surface area contributed by atoms with Gasteiger partial charge < -0.3 is 20.1 Å². The maximum absolute atomic E-state index is 14.1. The van der Waals surface area contributed by atoms with Gasteiger partial charge in [-0.3, -0.25) is 0 Å². The summed E-state index contributed by atoms with van der Waals surface area (Å²) in [5, 5.41) is 0. The second-order valence-corrected chi connectivity index (χ2v) is 4.28. The molecule has 0 amide bonds. The molecule has 0 atom stereocenters. The molecule has 0 spiro atoms. The highest BCUT2D eigenvalue weighted by Gasteiger charge is 2.15. The van der Waals surface area contributed by atoms with Crippen LogP contribution in [-0.2, 0) is 16.0 Å². The SMILES string of the molecule is COCCCN(CCOC)c1c(F)cccc1CN. The number of hydrogen-bond donors (Lipinski definition) is 1. The zero-order chi connectivity index (χ0) is 14.1. The van der Waals surface area contributed by atoms with E-state index in [-0.39, 0.29) is 5.82 Å². The van der Waals surface area contributed by atoms with Crippen LogP contribution in [0.2, 0.25) is 0 Å². The highest BCUT2D eigenvalue weighted by Crippen LogP contribution is 2.24. The number of ether oxygens (including phenoxy) is 2. The summed E-state index contributed by atoms with van der Waals surface area (Å²) in [4.78, 5) is 1.97. The number of anilines is 1. The smallest absolute Gasteiger partial charge is 0.146 e. The Kier molecular flexibility index (Phi) is 7.40. The molecule has 0 fully saturated rings. The van der Waals surface area contributed by atoms with Crippen LogP contribution in [0.25, 0.3) is 0 Å². The predicted molar refractivity (Wildman–Crippen MR) is 74.9 cm³/mol. The van der Waals surface area contributed by atoms with Gasteiger partial charge in [0.05, 0.1) is 12.3 Å². The van der Waals surface area contributed by atoms with Gasteiger partial charge in [-0.05, 0) is 18.1 Å². The molecular weight excluding hydrogens is 247 g/mol. The summed E-state index contributed by atoms with van der Waals surface area (Å²) in [6.07, 6.45) is 0.832. The average molecular weight is 270 g/mol. The molecule has 1 rings (SSSR count). The summed E-state index contributed by atoms with van der Waals surface area (Å²) >= 11 is 0. The lowest BCUT2D eigenvalue weighted by Crippen LogP contribution is -2.31. The van der Waals surface area contributed by atoms with Gasteiger partial charge in [0.15, 0.2) is 0 Å². The molecule has 0 aliphatic heterocycles. The lowest BCUT2D eigenvalue weighted by Gasteiger charge is -2.27. The second kappa shape index (κ2) is 8.85. The van der Waals surface area contributed by atoms with E-state index in [1.807, 2.05) is 11.0 Å². The van der Waals surface area contributed by atoms with Gasteiger partial charge in [-0.15, -0.1) is 0 Å². The van der Waals surface area contributed by atoms with Crippen LogP contribution >= 0.6 is 0 Å². The Morgan fingerprint density at radius 2 is 1.89 bits per heavy atom. The number of benzene rings is 1. The van der Waals surface area contributed by atoms with Crippen LogP contribution in [-0.4, -0.2) is 40.5 Å². The Morgan fingerprint density at radius 3 is 2.53 bits per heavy atom. The Bertz CT molecular complexity index is 374. The lowest BCUT2D eigenvalue weighted by molar-refractivity contribution is 0.191. The van der Waals surface area contributed by atoms with Crippen LogP contribution in [0.5, 0.6) is 0 Å². The third-order valence-electron chi connectivity index (χ3n) is 2.95. The lowest BCUT2D eigenvalue weighted by atomic mass is 10.1. The van der Waals surface area contributed by atoms with Crippen LogP contribution in [0.4, 0.5) is 10.1 Å². The third-order valence-corrected chi connectivity index (χ3v) is 2.95. The molecule has 1 aromatic carbocycles. The Labute approximate surface area is 114 Å². The molecule has 19 heavy (non-hydrogen) atoms. The monoisotopic (exact) mass is 270 g/mol. The number of rotatable bonds is 9. The molecule has 0 bridgehead atoms. The number of hydrogen-bond acceptors (Lipinski definition) is 4. The highest BCUT2D eigenvalue weighted by atomic mass is 19.1. The Hall–Kier alpha value is -1.17. The van der Waals surface area contributed by atoms with Gasteiger partial charge in [0.2, 0.25) is 0 Å². The summed E-state index contributed by atoms with van der Waals surface area (Å²) < 4.78 is 24.2. The molecular formula is C14H23FN2O2. The van der Waals surface area contributed by atoms with E-state index in [0.29, 0.717) is 38.5 Å². The normalized spacial score (nSPS) is 10.7. The van der Waals surface area contributed by atoms with E-state index >= 15 is 0 Å². The van der Waals surface area contributed by atoms with Crippen molar-refractivity contribution in [3.05, 3.63) is 29.6 Å². The van der Waals surface area contributed by atoms with Crippen LogP contribution in [0, 0.1) is 5.82 Å². The van der Waals surface area contributed by atoms with Gasteiger partial charge in [0.1, 0.15) is 5.82 Å². The molecule has 0 aliphatic rings. The van der Waals surface area contributed by atoms with Crippen molar-refractivity contribution in [1.82, 2.24) is 0 Å². The van der Waals surface area contributed by atoms with Crippen LogP contribution in [0.3, 0.4) is 0 Å². The molecule has 0 unspecified atom stereocenters. The molecule has 5 heteroatoms. The fourth-order valence-electron chi connectivity index (χ4n) is 2.02. The minimum absolute atomic E-state index is 0.239. The summed E-state index contributed by atoms with van der Waals surface area (Å²) in [6.45, 7) is 2.86. The van der Waals surface area contributed by atoms with Crippen LogP contribution in [0.15, 0.2) is 18.2 Å². The Morgan fingerprint density at radius 1 is 1.16 bits per heavy atom. The molecule has 0 aliphatic carbocycles. The van der Waals surface area contributed by atoms with Crippen molar-refractivity contribution in [2.75, 3.05) is 45.4 Å². The minimum Gasteiger partial charge on any atom is -0.385 e. The number of para-hydroxylation sites is 1. The van der Waals surface area contributed by atoms with E-state index in [0.717, 1.165) is 12.0 Å². The van der Waals surface area contributed by atoms with Gasteiger partial charge in [-0.25, -0.2) is 4.39 Å². The van der Waals surface area contributed by atoms with Crippen LogP contribution < -0.4 is 10.6 Å². The molecule has 0 aromatic heterocycles. The van der Waals surface area contributed by atoms with Gasteiger partial charge in [0.25, 0.3) is 0 Å². The van der Waals surface area contributed by atoms with Crippen LogP contribution in [0.1, 0.15) is 12.0 Å². The molecule has 2 N–H and O–H groups in total. The molecule has 0 radical (unpaired) electrons. The first-order valence-corrected chi connectivity index (χ1v) is 6.44. The molecule has 108 valence electrons. The van der Waals surface area contributed by atoms with Crippen molar-refractivity contribution < 1.29 is 13.9 Å². The first-order valence-electron chi connectivity index (χ1n) is 6.44. The van der Waals surface area contributed by atoms with E-state index in [4.69, 9.17) is 15.2 Å². The maximum atomic E-state index is 14.1. The standard InChI is InChI=1S/C14H23FN2O2/c1-18-9-4-7-17(8-10-19-2)14-12(11-16)5-3-6-13(14)15/h3,5-6H,4,7-11,16H2,1-2H3. The first kappa shape index (κ1) is 15.9. The van der Waals surface area contributed by atoms with E-state index in [1.165, 1.54) is 6.07 Å². The molecule has 0 heterocycles. The fourth-order valence-corrected chi connectivity index (χ4v) is 2.02. The van der Waals surface area contributed by atoms with Crippen molar-refractivity contribution in [1.29, 1.82) is 0 Å². The maximum Gasteiger partial charge on any atom is 0.146 e. The number of halogens is 1. The van der Waals surface area contributed by atoms with Crippen molar-refractivity contribution in [3.8, 4) is 0 Å². The van der Waals surface area contributed by atoms with Gasteiger partial charge >= 0.3 is 0 Å². The molecule has 0 saturated heterocycles. The molecule has 4 nitrogen and oxygen atoms in total.